The third-order valence-electron chi connectivity index (χ3n) is 3.28. The summed E-state index contributed by atoms with van der Waals surface area (Å²) >= 11 is 6.20. The van der Waals surface area contributed by atoms with Crippen LogP contribution in [0.2, 0.25) is 5.02 Å². The van der Waals surface area contributed by atoms with Crippen LogP contribution in [0.25, 0.3) is 0 Å². The molecule has 110 valence electrons. The zero-order chi connectivity index (χ0) is 15.0. The standard InChI is InChI=1S/C14H13ClN2O3S/c1-21(18,19)17-13(10-5-2-3-6-11(10)15)9-12(16-17)14-7-4-8-20-14/h2-8,13H,9H2,1H3/t13-/m1/s1. The minimum absolute atomic E-state index is 0.421. The van der Waals surface area contributed by atoms with Crippen LogP contribution in [0.1, 0.15) is 23.8 Å². The highest BCUT2D eigenvalue weighted by Crippen LogP contribution is 2.37. The Morgan fingerprint density at radius 1 is 1.29 bits per heavy atom. The van der Waals surface area contributed by atoms with E-state index in [9.17, 15) is 8.42 Å². The van der Waals surface area contributed by atoms with Crippen LogP contribution in [0.15, 0.2) is 52.2 Å². The Morgan fingerprint density at radius 3 is 2.67 bits per heavy atom. The topological polar surface area (TPSA) is 62.9 Å². The van der Waals surface area contributed by atoms with Gasteiger partial charge in [0, 0.05) is 11.4 Å². The molecule has 0 unspecified atom stereocenters. The smallest absolute Gasteiger partial charge is 0.247 e. The number of rotatable bonds is 3. The number of hydrogen-bond acceptors (Lipinski definition) is 4. The van der Waals surface area contributed by atoms with Crippen molar-refractivity contribution in [2.45, 2.75) is 12.5 Å². The molecule has 3 rings (SSSR count). The van der Waals surface area contributed by atoms with E-state index in [0.29, 0.717) is 22.9 Å². The van der Waals surface area contributed by atoms with E-state index in [0.717, 1.165) is 16.2 Å². The molecule has 1 atom stereocenters. The summed E-state index contributed by atoms with van der Waals surface area (Å²) < 4.78 is 30.4. The molecule has 0 radical (unpaired) electrons. The summed E-state index contributed by atoms with van der Waals surface area (Å²) in [6, 6.07) is 10.2. The first-order valence-corrected chi connectivity index (χ1v) is 8.54. The molecule has 0 bridgehead atoms. The quantitative estimate of drug-likeness (QED) is 0.871. The van der Waals surface area contributed by atoms with Crippen LogP contribution in [0.3, 0.4) is 0 Å². The monoisotopic (exact) mass is 324 g/mol. The predicted octanol–water partition coefficient (Wildman–Crippen LogP) is 3.04. The Balaban J connectivity index is 2.04. The van der Waals surface area contributed by atoms with Gasteiger partial charge in [0.15, 0.2) is 0 Å². The number of halogens is 1. The van der Waals surface area contributed by atoms with Crippen LogP contribution in [0.5, 0.6) is 0 Å². The second-order valence-corrected chi connectivity index (χ2v) is 7.05. The molecular weight excluding hydrogens is 312 g/mol. The van der Waals surface area contributed by atoms with Gasteiger partial charge in [-0.25, -0.2) is 8.42 Å². The maximum absolute atomic E-state index is 12.0. The van der Waals surface area contributed by atoms with Gasteiger partial charge in [-0.05, 0) is 23.8 Å². The van der Waals surface area contributed by atoms with Crippen LogP contribution < -0.4 is 0 Å². The molecule has 7 heteroatoms. The highest BCUT2D eigenvalue weighted by Gasteiger charge is 2.36. The van der Waals surface area contributed by atoms with Crippen molar-refractivity contribution in [3.8, 4) is 0 Å². The second kappa shape index (κ2) is 5.20. The van der Waals surface area contributed by atoms with Gasteiger partial charge in [0.2, 0.25) is 10.0 Å². The number of furan rings is 1. The van der Waals surface area contributed by atoms with Gasteiger partial charge in [-0.1, -0.05) is 29.8 Å². The SMILES string of the molecule is CS(=O)(=O)N1N=C(c2ccco2)C[C@@H]1c1ccccc1Cl. The molecule has 0 fully saturated rings. The summed E-state index contributed by atoms with van der Waals surface area (Å²) in [5.74, 6) is 0.568. The van der Waals surface area contributed by atoms with Gasteiger partial charge in [-0.2, -0.15) is 9.52 Å². The maximum atomic E-state index is 12.0. The first kappa shape index (κ1) is 14.2. The van der Waals surface area contributed by atoms with Crippen LogP contribution in [-0.2, 0) is 10.0 Å². The Hall–Kier alpha value is -1.79. The zero-order valence-electron chi connectivity index (χ0n) is 11.2. The van der Waals surface area contributed by atoms with E-state index in [1.165, 1.54) is 6.26 Å². The van der Waals surface area contributed by atoms with Crippen LogP contribution in [-0.4, -0.2) is 24.8 Å². The van der Waals surface area contributed by atoms with E-state index >= 15 is 0 Å². The Morgan fingerprint density at radius 2 is 2.05 bits per heavy atom. The molecule has 0 N–H and O–H groups in total. The van der Waals surface area contributed by atoms with Crippen molar-refractivity contribution in [1.29, 1.82) is 0 Å². The average Bonchev–Trinajstić information content (AvgIpc) is 3.07. The fraction of sp³-hybridized carbons (Fsp3) is 0.214. The van der Waals surface area contributed by atoms with Crippen molar-refractivity contribution in [2.24, 2.45) is 5.10 Å². The van der Waals surface area contributed by atoms with Gasteiger partial charge < -0.3 is 4.42 Å². The summed E-state index contributed by atoms with van der Waals surface area (Å²) in [5.41, 5.74) is 1.32. The largest absolute Gasteiger partial charge is 0.463 e. The number of hydrogen-bond donors (Lipinski definition) is 0. The minimum Gasteiger partial charge on any atom is -0.463 e. The maximum Gasteiger partial charge on any atom is 0.247 e. The van der Waals surface area contributed by atoms with Crippen molar-refractivity contribution in [1.82, 2.24) is 4.41 Å². The van der Waals surface area contributed by atoms with Crippen LogP contribution >= 0.6 is 11.6 Å². The molecule has 21 heavy (non-hydrogen) atoms. The third-order valence-corrected chi connectivity index (χ3v) is 4.64. The molecule has 0 spiro atoms. The third kappa shape index (κ3) is 2.69. The first-order valence-electron chi connectivity index (χ1n) is 6.32. The molecule has 1 aliphatic rings. The molecule has 2 aromatic rings. The van der Waals surface area contributed by atoms with E-state index in [-0.39, 0.29) is 0 Å². The lowest BCUT2D eigenvalue weighted by Crippen LogP contribution is -2.26. The van der Waals surface area contributed by atoms with Gasteiger partial charge in [-0.15, -0.1) is 0 Å². The highest BCUT2D eigenvalue weighted by molar-refractivity contribution is 7.88. The lowest BCUT2D eigenvalue weighted by Gasteiger charge is -2.22. The van der Waals surface area contributed by atoms with Crippen LogP contribution in [0, 0.1) is 0 Å². The van der Waals surface area contributed by atoms with Crippen molar-refractivity contribution in [2.75, 3.05) is 6.26 Å². The number of sulfonamides is 1. The molecule has 0 aliphatic carbocycles. The molecule has 0 saturated carbocycles. The van der Waals surface area contributed by atoms with Crippen molar-refractivity contribution >= 4 is 27.3 Å². The van der Waals surface area contributed by atoms with Gasteiger partial charge in [0.1, 0.15) is 11.5 Å². The molecule has 1 aromatic carbocycles. The fourth-order valence-corrected chi connectivity index (χ4v) is 3.52. The second-order valence-electron chi connectivity index (χ2n) is 4.80. The van der Waals surface area contributed by atoms with E-state index in [1.54, 1.807) is 24.3 Å². The normalized spacial score (nSPS) is 18.9. The van der Waals surface area contributed by atoms with E-state index in [4.69, 9.17) is 16.0 Å². The minimum atomic E-state index is -3.50. The number of nitrogens with zero attached hydrogens (tertiary/aromatic N) is 2. The molecule has 1 aliphatic heterocycles. The highest BCUT2D eigenvalue weighted by atomic mass is 35.5. The van der Waals surface area contributed by atoms with Crippen LogP contribution in [0.4, 0.5) is 0 Å². The summed E-state index contributed by atoms with van der Waals surface area (Å²) in [6.07, 6.45) is 3.08. The van der Waals surface area contributed by atoms with Gasteiger partial charge in [0.05, 0.1) is 18.6 Å². The van der Waals surface area contributed by atoms with E-state index in [2.05, 4.69) is 5.10 Å². The summed E-state index contributed by atoms with van der Waals surface area (Å²) in [5, 5.41) is 4.73. The van der Waals surface area contributed by atoms with E-state index < -0.39 is 16.1 Å². The lowest BCUT2D eigenvalue weighted by molar-refractivity contribution is 0.375. The lowest BCUT2D eigenvalue weighted by atomic mass is 10.0. The first-order chi connectivity index (χ1) is 9.97. The average molecular weight is 325 g/mol. The Kier molecular flexibility index (Phi) is 3.51. The van der Waals surface area contributed by atoms with Gasteiger partial charge in [-0.3, -0.25) is 0 Å². The summed E-state index contributed by atoms with van der Waals surface area (Å²) in [7, 11) is -3.50. The molecule has 0 saturated heterocycles. The summed E-state index contributed by atoms with van der Waals surface area (Å²) in [6.45, 7) is 0. The molecule has 1 aromatic heterocycles. The number of hydrazone groups is 1. The van der Waals surface area contributed by atoms with E-state index in [1.807, 2.05) is 12.1 Å². The van der Waals surface area contributed by atoms with Gasteiger partial charge in [0.25, 0.3) is 0 Å². The molecular formula is C14H13ClN2O3S. The van der Waals surface area contributed by atoms with Crippen molar-refractivity contribution in [3.63, 3.8) is 0 Å². The number of benzene rings is 1. The predicted molar refractivity (Wildman–Crippen MR) is 80.7 cm³/mol. The molecule has 0 amide bonds. The van der Waals surface area contributed by atoms with Gasteiger partial charge >= 0.3 is 0 Å². The summed E-state index contributed by atoms with van der Waals surface area (Å²) in [4.78, 5) is 0. The van der Waals surface area contributed by atoms with Crippen molar-refractivity contribution < 1.29 is 12.8 Å². The zero-order valence-corrected chi connectivity index (χ0v) is 12.8. The Bertz CT molecular complexity index is 784. The molecule has 2 heterocycles. The van der Waals surface area contributed by atoms with Crippen molar-refractivity contribution in [3.05, 3.63) is 59.0 Å². The molecule has 5 nitrogen and oxygen atoms in total. The Labute approximate surface area is 127 Å². The fourth-order valence-electron chi connectivity index (χ4n) is 2.36.